The fourth-order valence-corrected chi connectivity index (χ4v) is 2.57. The summed E-state index contributed by atoms with van der Waals surface area (Å²) in [7, 11) is 0. The van der Waals surface area contributed by atoms with Crippen molar-refractivity contribution in [2.45, 2.75) is 38.8 Å². The Bertz CT molecular complexity index is 981. The monoisotopic (exact) mass is 398 g/mol. The normalized spacial score (nSPS) is 12.9. The number of carbonyl (C=O) groups excluding carboxylic acids is 3. The molecule has 0 atom stereocenters. The summed E-state index contributed by atoms with van der Waals surface area (Å²) in [5.41, 5.74) is 0.495. The van der Waals surface area contributed by atoms with E-state index in [9.17, 15) is 19.2 Å². The molecule has 2 N–H and O–H groups in total. The predicted molar refractivity (Wildman–Crippen MR) is 105 cm³/mol. The average molecular weight is 398 g/mol. The molecule has 1 saturated carbocycles. The molecule has 1 aromatic carbocycles. The van der Waals surface area contributed by atoms with Crippen molar-refractivity contribution in [3.63, 3.8) is 0 Å². The molecule has 0 unspecified atom stereocenters. The van der Waals surface area contributed by atoms with Crippen LogP contribution in [0.5, 0.6) is 0 Å². The summed E-state index contributed by atoms with van der Waals surface area (Å²) >= 11 is 0. The Kier molecular flexibility index (Phi) is 6.38. The Morgan fingerprint density at radius 1 is 1.21 bits per heavy atom. The van der Waals surface area contributed by atoms with Gasteiger partial charge < -0.3 is 15.4 Å². The molecule has 9 heteroatoms. The summed E-state index contributed by atoms with van der Waals surface area (Å²) in [5.74, 6) is -1.55. The number of amides is 2. The van der Waals surface area contributed by atoms with Crippen molar-refractivity contribution in [2.24, 2.45) is 0 Å². The van der Waals surface area contributed by atoms with Crippen LogP contribution in [0, 0.1) is 0 Å². The molecular weight excluding hydrogens is 376 g/mol. The van der Waals surface area contributed by atoms with Gasteiger partial charge in [0.25, 0.3) is 17.4 Å². The number of nitrogens with zero attached hydrogens (tertiary/aromatic N) is 2. The number of aromatic nitrogens is 2. The zero-order valence-electron chi connectivity index (χ0n) is 16.0. The summed E-state index contributed by atoms with van der Waals surface area (Å²) in [6.07, 6.45) is 2.66. The Labute approximate surface area is 167 Å². The number of benzene rings is 1. The maximum atomic E-state index is 12.1. The molecule has 2 amide bonds. The molecule has 1 aliphatic rings. The lowest BCUT2D eigenvalue weighted by Crippen LogP contribution is -2.26. The van der Waals surface area contributed by atoms with Crippen LogP contribution in [0.1, 0.15) is 47.0 Å². The number of rotatable bonds is 8. The van der Waals surface area contributed by atoms with Crippen molar-refractivity contribution >= 4 is 23.5 Å². The standard InChI is InChI=1S/C20H22N4O5/c1-2-10-24-18(26)9-8-16(23-24)20(28)29-12-17(25)21-15-5-3-4-13(11-15)19(27)22-14-6-7-14/h3-5,8-9,11,14H,2,6-7,10,12H2,1H3,(H,21,25)(H,22,27). The average Bonchev–Trinajstić information content (AvgIpc) is 3.52. The van der Waals surface area contributed by atoms with E-state index < -0.39 is 18.5 Å². The molecule has 3 rings (SSSR count). The number of nitrogens with one attached hydrogen (secondary N) is 2. The van der Waals surface area contributed by atoms with Crippen molar-refractivity contribution in [1.82, 2.24) is 15.1 Å². The van der Waals surface area contributed by atoms with Crippen LogP contribution in [-0.4, -0.2) is 40.2 Å². The van der Waals surface area contributed by atoms with E-state index in [0.29, 0.717) is 24.2 Å². The van der Waals surface area contributed by atoms with Gasteiger partial charge in [-0.05, 0) is 43.5 Å². The van der Waals surface area contributed by atoms with Crippen molar-refractivity contribution in [1.29, 1.82) is 0 Å². The predicted octanol–water partition coefficient (Wildman–Crippen LogP) is 1.34. The lowest BCUT2D eigenvalue weighted by molar-refractivity contribution is -0.119. The van der Waals surface area contributed by atoms with Gasteiger partial charge in [-0.2, -0.15) is 5.10 Å². The summed E-state index contributed by atoms with van der Waals surface area (Å²) in [5, 5.41) is 9.39. The van der Waals surface area contributed by atoms with Crippen LogP contribution in [0.3, 0.4) is 0 Å². The summed E-state index contributed by atoms with van der Waals surface area (Å²) in [6.45, 7) is 1.74. The van der Waals surface area contributed by atoms with Crippen LogP contribution in [0.2, 0.25) is 0 Å². The number of hydrogen-bond donors (Lipinski definition) is 2. The van der Waals surface area contributed by atoms with Gasteiger partial charge in [-0.3, -0.25) is 14.4 Å². The first-order valence-electron chi connectivity index (χ1n) is 9.42. The number of anilines is 1. The van der Waals surface area contributed by atoms with E-state index in [4.69, 9.17) is 4.74 Å². The summed E-state index contributed by atoms with van der Waals surface area (Å²) in [4.78, 5) is 47.9. The minimum Gasteiger partial charge on any atom is -0.451 e. The Hall–Kier alpha value is -3.49. The number of ether oxygens (including phenoxy) is 1. The second kappa shape index (κ2) is 9.13. The molecule has 1 aromatic heterocycles. The smallest absolute Gasteiger partial charge is 0.359 e. The van der Waals surface area contributed by atoms with E-state index in [1.54, 1.807) is 24.3 Å². The molecule has 152 valence electrons. The molecule has 0 bridgehead atoms. The van der Waals surface area contributed by atoms with Crippen molar-refractivity contribution in [3.05, 3.63) is 58.0 Å². The van der Waals surface area contributed by atoms with Gasteiger partial charge in [0.1, 0.15) is 0 Å². The third kappa shape index (κ3) is 5.74. The number of hydrogen-bond acceptors (Lipinski definition) is 6. The Morgan fingerprint density at radius 2 is 2.00 bits per heavy atom. The molecule has 0 radical (unpaired) electrons. The zero-order valence-corrected chi connectivity index (χ0v) is 16.0. The number of aryl methyl sites for hydroxylation is 1. The van der Waals surface area contributed by atoms with Gasteiger partial charge in [-0.1, -0.05) is 13.0 Å². The fraction of sp³-hybridized carbons (Fsp3) is 0.350. The lowest BCUT2D eigenvalue weighted by Gasteiger charge is -2.09. The van der Waals surface area contributed by atoms with Gasteiger partial charge in [0, 0.05) is 29.9 Å². The maximum absolute atomic E-state index is 12.1. The first kappa shape index (κ1) is 20.2. The van der Waals surface area contributed by atoms with E-state index in [1.165, 1.54) is 16.8 Å². The van der Waals surface area contributed by atoms with Crippen molar-refractivity contribution in [2.75, 3.05) is 11.9 Å². The van der Waals surface area contributed by atoms with Gasteiger partial charge in [-0.25, -0.2) is 9.48 Å². The second-order valence-corrected chi connectivity index (χ2v) is 6.73. The number of carbonyl (C=O) groups is 3. The topological polar surface area (TPSA) is 119 Å². The lowest BCUT2D eigenvalue weighted by atomic mass is 10.2. The molecule has 0 saturated heterocycles. The highest BCUT2D eigenvalue weighted by molar-refractivity contribution is 5.98. The zero-order chi connectivity index (χ0) is 20.8. The SMILES string of the molecule is CCCn1nc(C(=O)OCC(=O)Nc2cccc(C(=O)NC3CC3)c2)ccc1=O. The third-order valence-corrected chi connectivity index (χ3v) is 4.17. The second-order valence-electron chi connectivity index (χ2n) is 6.73. The van der Waals surface area contributed by atoms with E-state index >= 15 is 0 Å². The first-order valence-corrected chi connectivity index (χ1v) is 9.42. The molecule has 0 aliphatic heterocycles. The van der Waals surface area contributed by atoms with Crippen LogP contribution >= 0.6 is 0 Å². The fourth-order valence-electron chi connectivity index (χ4n) is 2.57. The maximum Gasteiger partial charge on any atom is 0.359 e. The summed E-state index contributed by atoms with van der Waals surface area (Å²) < 4.78 is 6.14. The molecule has 2 aromatic rings. The molecule has 1 fully saturated rings. The van der Waals surface area contributed by atoms with E-state index in [2.05, 4.69) is 15.7 Å². The molecule has 1 aliphatic carbocycles. The first-order chi connectivity index (χ1) is 14.0. The largest absolute Gasteiger partial charge is 0.451 e. The molecule has 0 spiro atoms. The molecule has 9 nitrogen and oxygen atoms in total. The quantitative estimate of drug-likeness (QED) is 0.648. The molecular formula is C20H22N4O5. The van der Waals surface area contributed by atoms with Crippen LogP contribution < -0.4 is 16.2 Å². The number of esters is 1. The van der Waals surface area contributed by atoms with Crippen molar-refractivity contribution < 1.29 is 19.1 Å². The van der Waals surface area contributed by atoms with Crippen molar-refractivity contribution in [3.8, 4) is 0 Å². The third-order valence-electron chi connectivity index (χ3n) is 4.17. The van der Waals surface area contributed by atoms with E-state index in [0.717, 1.165) is 12.8 Å². The Balaban J connectivity index is 1.54. The van der Waals surface area contributed by atoms with Gasteiger partial charge in [0.2, 0.25) is 0 Å². The van der Waals surface area contributed by atoms with Crippen LogP contribution in [0.4, 0.5) is 5.69 Å². The van der Waals surface area contributed by atoms with Crippen LogP contribution in [-0.2, 0) is 16.1 Å². The molecule has 1 heterocycles. The van der Waals surface area contributed by atoms with E-state index in [1.807, 2.05) is 6.92 Å². The van der Waals surface area contributed by atoms with Gasteiger partial charge in [-0.15, -0.1) is 0 Å². The van der Waals surface area contributed by atoms with Gasteiger partial charge in [0.05, 0.1) is 0 Å². The van der Waals surface area contributed by atoms with Gasteiger partial charge in [0.15, 0.2) is 12.3 Å². The minimum atomic E-state index is -0.803. The summed E-state index contributed by atoms with van der Waals surface area (Å²) in [6, 6.07) is 9.23. The highest BCUT2D eigenvalue weighted by Crippen LogP contribution is 2.20. The van der Waals surface area contributed by atoms with Gasteiger partial charge >= 0.3 is 5.97 Å². The van der Waals surface area contributed by atoms with Crippen LogP contribution in [0.25, 0.3) is 0 Å². The highest BCUT2D eigenvalue weighted by atomic mass is 16.5. The Morgan fingerprint density at radius 3 is 2.72 bits per heavy atom. The minimum absolute atomic E-state index is 0.0513. The molecule has 29 heavy (non-hydrogen) atoms. The van der Waals surface area contributed by atoms with Crippen LogP contribution in [0.15, 0.2) is 41.2 Å². The van der Waals surface area contributed by atoms with E-state index in [-0.39, 0.29) is 23.2 Å². The highest BCUT2D eigenvalue weighted by Gasteiger charge is 2.23.